The molecule has 0 saturated heterocycles. The summed E-state index contributed by atoms with van der Waals surface area (Å²) in [5.41, 5.74) is 2.07. The van der Waals surface area contributed by atoms with Gasteiger partial charge in [0.25, 0.3) is 5.91 Å². The van der Waals surface area contributed by atoms with Crippen molar-refractivity contribution in [2.45, 2.75) is 19.1 Å². The van der Waals surface area contributed by atoms with Gasteiger partial charge in [0.15, 0.2) is 6.10 Å². The molecular weight excluding hydrogens is 497 g/mol. The maximum absolute atomic E-state index is 13.4. The number of sulfonamides is 1. The Morgan fingerprint density at radius 2 is 1.68 bits per heavy atom. The van der Waals surface area contributed by atoms with Gasteiger partial charge in [-0.1, -0.05) is 54.6 Å². The van der Waals surface area contributed by atoms with Gasteiger partial charge in [0.1, 0.15) is 11.6 Å². The third kappa shape index (κ3) is 6.93. The molecule has 0 spiro atoms. The van der Waals surface area contributed by atoms with Crippen molar-refractivity contribution >= 4 is 27.5 Å². The molecule has 4 rings (SSSR count). The van der Waals surface area contributed by atoms with Gasteiger partial charge in [-0.25, -0.2) is 12.8 Å². The third-order valence-corrected chi connectivity index (χ3v) is 7.17. The van der Waals surface area contributed by atoms with E-state index in [1.54, 1.807) is 24.3 Å². The Kier molecular flexibility index (Phi) is 8.20. The van der Waals surface area contributed by atoms with Gasteiger partial charge >= 0.3 is 0 Å². The largest absolute Gasteiger partial charge is 0.477 e. The molecule has 1 atom stereocenters. The fraction of sp³-hybridized carbons (Fsp3) is 0.259. The standard InChI is InChI=1S/C27H28FN3O5S/c1-37(34,35)30(17-21-11-13-22(28)14-12-21)19-26(32)31-18-25(36-24-10-6-5-9-23(24)31)27(33)29-16-15-20-7-3-2-4-8-20/h2-14,25H,15-19H2,1H3,(H,29,33). The van der Waals surface area contributed by atoms with Crippen LogP contribution >= 0.6 is 0 Å². The third-order valence-electron chi connectivity index (χ3n) is 5.98. The van der Waals surface area contributed by atoms with E-state index in [0.29, 0.717) is 30.0 Å². The Hall–Kier alpha value is -3.76. The lowest BCUT2D eigenvalue weighted by atomic mass is 10.1. The van der Waals surface area contributed by atoms with Crippen LogP contribution in [0.2, 0.25) is 0 Å². The molecule has 0 radical (unpaired) electrons. The zero-order valence-electron chi connectivity index (χ0n) is 20.3. The summed E-state index contributed by atoms with van der Waals surface area (Å²) in [5, 5.41) is 2.85. The highest BCUT2D eigenvalue weighted by Crippen LogP contribution is 2.33. The normalized spacial score (nSPS) is 15.1. The molecule has 0 saturated carbocycles. The number of benzene rings is 3. The molecule has 3 aromatic carbocycles. The molecule has 8 nitrogen and oxygen atoms in total. The molecule has 1 N–H and O–H groups in total. The van der Waals surface area contributed by atoms with Crippen LogP contribution in [0.15, 0.2) is 78.9 Å². The lowest BCUT2D eigenvalue weighted by Crippen LogP contribution is -2.53. The zero-order chi connectivity index (χ0) is 26.4. The summed E-state index contributed by atoms with van der Waals surface area (Å²) in [6.45, 7) is -0.216. The monoisotopic (exact) mass is 525 g/mol. The quantitative estimate of drug-likeness (QED) is 0.464. The predicted molar refractivity (Wildman–Crippen MR) is 138 cm³/mol. The van der Waals surface area contributed by atoms with E-state index >= 15 is 0 Å². The average molecular weight is 526 g/mol. The van der Waals surface area contributed by atoms with Gasteiger partial charge in [-0.3, -0.25) is 9.59 Å². The van der Waals surface area contributed by atoms with Gasteiger partial charge in [-0.05, 0) is 41.8 Å². The van der Waals surface area contributed by atoms with Crippen molar-refractivity contribution < 1.29 is 27.1 Å². The molecule has 0 aromatic heterocycles. The molecule has 1 heterocycles. The summed E-state index contributed by atoms with van der Waals surface area (Å²) >= 11 is 0. The second kappa shape index (κ2) is 11.5. The Morgan fingerprint density at radius 1 is 1.00 bits per heavy atom. The summed E-state index contributed by atoms with van der Waals surface area (Å²) in [7, 11) is -3.77. The molecule has 2 amide bonds. The average Bonchev–Trinajstić information content (AvgIpc) is 2.88. The van der Waals surface area contributed by atoms with Crippen molar-refractivity contribution in [3.63, 3.8) is 0 Å². The first-order valence-corrected chi connectivity index (χ1v) is 13.6. The van der Waals surface area contributed by atoms with E-state index in [-0.39, 0.29) is 19.0 Å². The molecule has 0 bridgehead atoms. The molecule has 1 unspecified atom stereocenters. The van der Waals surface area contributed by atoms with Crippen molar-refractivity contribution in [1.29, 1.82) is 0 Å². The first-order valence-electron chi connectivity index (χ1n) is 11.8. The minimum atomic E-state index is -3.77. The highest BCUT2D eigenvalue weighted by atomic mass is 32.2. The smallest absolute Gasteiger partial charge is 0.262 e. The van der Waals surface area contributed by atoms with Crippen LogP contribution < -0.4 is 15.0 Å². The number of carbonyl (C=O) groups excluding carboxylic acids is 2. The summed E-state index contributed by atoms with van der Waals surface area (Å²) in [5.74, 6) is -0.960. The molecule has 1 aliphatic heterocycles. The van der Waals surface area contributed by atoms with Crippen LogP contribution in [0.4, 0.5) is 10.1 Å². The number of rotatable bonds is 9. The van der Waals surface area contributed by atoms with Crippen LogP contribution in [0.3, 0.4) is 0 Å². The second-order valence-electron chi connectivity index (χ2n) is 8.76. The molecule has 0 aliphatic carbocycles. The van der Waals surface area contributed by atoms with Crippen molar-refractivity contribution in [3.8, 4) is 5.75 Å². The Balaban J connectivity index is 1.47. The summed E-state index contributed by atoms with van der Waals surface area (Å²) in [6.07, 6.45) is 0.698. The topological polar surface area (TPSA) is 96.0 Å². The Labute approximate surface area is 215 Å². The highest BCUT2D eigenvalue weighted by molar-refractivity contribution is 7.88. The molecule has 3 aromatic rings. The number of amides is 2. The molecule has 194 valence electrons. The van der Waals surface area contributed by atoms with Crippen LogP contribution in [0.5, 0.6) is 5.75 Å². The lowest BCUT2D eigenvalue weighted by molar-refractivity contribution is -0.128. The number of hydrogen-bond acceptors (Lipinski definition) is 5. The highest BCUT2D eigenvalue weighted by Gasteiger charge is 2.35. The van der Waals surface area contributed by atoms with Gasteiger partial charge in [-0.2, -0.15) is 4.31 Å². The summed E-state index contributed by atoms with van der Waals surface area (Å²) < 4.78 is 45.1. The number of nitrogens with one attached hydrogen (secondary N) is 1. The molecule has 0 fully saturated rings. The van der Waals surface area contributed by atoms with Crippen LogP contribution in [0.25, 0.3) is 0 Å². The van der Waals surface area contributed by atoms with Gasteiger partial charge in [-0.15, -0.1) is 0 Å². The van der Waals surface area contributed by atoms with Gasteiger partial charge in [0.05, 0.1) is 25.0 Å². The first kappa shape index (κ1) is 26.3. The van der Waals surface area contributed by atoms with Crippen molar-refractivity contribution in [2.24, 2.45) is 0 Å². The van der Waals surface area contributed by atoms with E-state index in [9.17, 15) is 22.4 Å². The number of fused-ring (bicyclic) bond motifs is 1. The number of nitrogens with zero attached hydrogens (tertiary/aromatic N) is 2. The molecular formula is C27H28FN3O5S. The van der Waals surface area contributed by atoms with E-state index in [4.69, 9.17) is 4.74 Å². The molecule has 37 heavy (non-hydrogen) atoms. The molecule has 10 heteroatoms. The SMILES string of the molecule is CS(=O)(=O)N(CC(=O)N1CC(C(=O)NCCc2ccccc2)Oc2ccccc21)Cc1ccc(F)cc1. The lowest BCUT2D eigenvalue weighted by Gasteiger charge is -2.35. The summed E-state index contributed by atoms with van der Waals surface area (Å²) in [6, 6.07) is 21.9. The van der Waals surface area contributed by atoms with E-state index in [0.717, 1.165) is 16.1 Å². The summed E-state index contributed by atoms with van der Waals surface area (Å²) in [4.78, 5) is 27.7. The minimum absolute atomic E-state index is 0.0683. The number of anilines is 1. The van der Waals surface area contributed by atoms with E-state index < -0.39 is 34.4 Å². The number of carbonyl (C=O) groups is 2. The number of hydrogen-bond donors (Lipinski definition) is 1. The predicted octanol–water partition coefficient (Wildman–Crippen LogP) is 2.74. The zero-order valence-corrected chi connectivity index (χ0v) is 21.2. The fourth-order valence-electron chi connectivity index (χ4n) is 4.02. The Bertz CT molecular complexity index is 1350. The van der Waals surface area contributed by atoms with Crippen LogP contribution in [0.1, 0.15) is 11.1 Å². The van der Waals surface area contributed by atoms with Crippen molar-refractivity contribution in [1.82, 2.24) is 9.62 Å². The van der Waals surface area contributed by atoms with Gasteiger partial charge in [0.2, 0.25) is 15.9 Å². The number of para-hydroxylation sites is 2. The maximum Gasteiger partial charge on any atom is 0.262 e. The molecule has 1 aliphatic rings. The minimum Gasteiger partial charge on any atom is -0.477 e. The van der Waals surface area contributed by atoms with E-state index in [2.05, 4.69) is 5.32 Å². The second-order valence-corrected chi connectivity index (χ2v) is 10.7. The fourth-order valence-corrected chi connectivity index (χ4v) is 4.74. The Morgan fingerprint density at radius 3 is 2.38 bits per heavy atom. The van der Waals surface area contributed by atoms with E-state index in [1.807, 2.05) is 30.3 Å². The number of halogens is 1. The maximum atomic E-state index is 13.4. The van der Waals surface area contributed by atoms with E-state index in [1.165, 1.54) is 29.2 Å². The van der Waals surface area contributed by atoms with Crippen LogP contribution in [0, 0.1) is 5.82 Å². The van der Waals surface area contributed by atoms with Crippen LogP contribution in [-0.2, 0) is 32.6 Å². The van der Waals surface area contributed by atoms with Crippen LogP contribution in [-0.4, -0.2) is 56.5 Å². The van der Waals surface area contributed by atoms with Gasteiger partial charge < -0.3 is 15.0 Å². The van der Waals surface area contributed by atoms with Crippen molar-refractivity contribution in [3.05, 3.63) is 95.8 Å². The number of ether oxygens (including phenoxy) is 1. The first-order chi connectivity index (χ1) is 17.7. The van der Waals surface area contributed by atoms with Crippen molar-refractivity contribution in [2.75, 3.05) is 30.8 Å². The van der Waals surface area contributed by atoms with Gasteiger partial charge in [0, 0.05) is 13.1 Å².